The molecule has 3 aromatic heterocycles. The number of nitrogens with zero attached hydrogens (tertiary/aromatic N) is 10. The standard InChI is InChI=1S/C48H59N11O5S/c1-30(2)38-21-39(42(61)22-41(38)60)47(63)59-27-32-4-3-31(19-34(32)28-59)25-54-9-6-36(7-10-54)56-11-13-58(14-12-56)46(62)33-5-8-55(26-33)29-37-20-40-43(65-37)45(57-15-17-64-18-16-57)53-44(52-40)35-23-50-48(49)51-24-35/h3-4,19-24,30,33,36,60-61H,5-18,25-29H2,1-2H3,(H2,49,50,51)/t33-/m1/s1. The Morgan fingerprint density at radius 3 is 2.31 bits per heavy atom. The molecule has 4 N–H and O–H groups in total. The maximum absolute atomic E-state index is 13.9. The van der Waals surface area contributed by atoms with E-state index >= 15 is 0 Å². The Hall–Kier alpha value is -5.46. The highest BCUT2D eigenvalue weighted by molar-refractivity contribution is 7.19. The van der Waals surface area contributed by atoms with Gasteiger partial charge in [0, 0.05) is 101 Å². The van der Waals surface area contributed by atoms with E-state index in [4.69, 9.17) is 20.4 Å². The molecule has 4 fully saturated rings. The number of carbonyl (C=O) groups is 2. The predicted molar refractivity (Wildman–Crippen MR) is 250 cm³/mol. The quantitative estimate of drug-likeness (QED) is 0.173. The molecule has 4 saturated heterocycles. The number of aromatic hydroxyl groups is 2. The van der Waals surface area contributed by atoms with Crippen LogP contribution in [0.25, 0.3) is 21.6 Å². The van der Waals surface area contributed by atoms with E-state index in [1.54, 1.807) is 34.7 Å². The van der Waals surface area contributed by atoms with Crippen LogP contribution in [0.3, 0.4) is 0 Å². The number of rotatable bonds is 10. The van der Waals surface area contributed by atoms with Crippen LogP contribution >= 0.6 is 11.3 Å². The third kappa shape index (κ3) is 9.21. The number of amides is 2. The first kappa shape index (κ1) is 43.4. The molecule has 65 heavy (non-hydrogen) atoms. The van der Waals surface area contributed by atoms with Crippen LogP contribution in [-0.4, -0.2) is 151 Å². The molecule has 10 rings (SSSR count). The fourth-order valence-electron chi connectivity index (χ4n) is 10.4. The summed E-state index contributed by atoms with van der Waals surface area (Å²) in [4.78, 5) is 60.6. The Morgan fingerprint density at radius 1 is 0.815 bits per heavy atom. The normalized spacial score (nSPS) is 20.4. The van der Waals surface area contributed by atoms with Gasteiger partial charge in [-0.3, -0.25) is 24.3 Å². The molecule has 2 aromatic carbocycles. The Balaban J connectivity index is 0.687. The summed E-state index contributed by atoms with van der Waals surface area (Å²) in [5, 5.41) is 20.8. The number of nitrogens with two attached hydrogens (primary N) is 1. The first-order valence-electron chi connectivity index (χ1n) is 23.2. The topological polar surface area (TPSA) is 181 Å². The van der Waals surface area contributed by atoms with Crippen molar-refractivity contribution >= 4 is 45.1 Å². The van der Waals surface area contributed by atoms with Crippen molar-refractivity contribution in [3.05, 3.63) is 81.5 Å². The number of hydrogen-bond acceptors (Lipinski definition) is 15. The molecule has 0 bridgehead atoms. The maximum atomic E-state index is 13.9. The number of nitrogen functional groups attached to an aromatic ring is 1. The number of hydrogen-bond donors (Lipinski definition) is 3. The maximum Gasteiger partial charge on any atom is 0.258 e. The van der Waals surface area contributed by atoms with E-state index in [-0.39, 0.29) is 40.8 Å². The van der Waals surface area contributed by atoms with Crippen LogP contribution in [0.1, 0.15) is 76.5 Å². The summed E-state index contributed by atoms with van der Waals surface area (Å²) in [6, 6.07) is 12.2. The van der Waals surface area contributed by atoms with Gasteiger partial charge in [-0.2, -0.15) is 0 Å². The van der Waals surface area contributed by atoms with Crippen LogP contribution in [0.5, 0.6) is 11.5 Å². The average Bonchev–Trinajstić information content (AvgIpc) is 4.08. The molecule has 0 spiro atoms. The summed E-state index contributed by atoms with van der Waals surface area (Å²) in [6.45, 7) is 16.6. The van der Waals surface area contributed by atoms with Gasteiger partial charge in [-0.15, -0.1) is 11.3 Å². The molecule has 0 unspecified atom stereocenters. The van der Waals surface area contributed by atoms with Crippen LogP contribution in [0.4, 0.5) is 11.8 Å². The number of benzene rings is 2. The van der Waals surface area contributed by atoms with Gasteiger partial charge in [0.25, 0.3) is 5.91 Å². The van der Waals surface area contributed by atoms with E-state index in [2.05, 4.69) is 58.7 Å². The number of phenols is 2. The van der Waals surface area contributed by atoms with Crippen molar-refractivity contribution in [2.45, 2.75) is 71.2 Å². The highest BCUT2D eigenvalue weighted by Gasteiger charge is 2.35. The third-order valence-electron chi connectivity index (χ3n) is 14.0. The molecule has 342 valence electrons. The minimum absolute atomic E-state index is 0.00802. The van der Waals surface area contributed by atoms with E-state index in [9.17, 15) is 19.8 Å². The number of anilines is 2. The fourth-order valence-corrected chi connectivity index (χ4v) is 11.5. The molecular formula is C48H59N11O5S. The van der Waals surface area contributed by atoms with Crippen LogP contribution < -0.4 is 10.6 Å². The zero-order valence-electron chi connectivity index (χ0n) is 37.4. The number of thiophene rings is 1. The summed E-state index contributed by atoms with van der Waals surface area (Å²) < 4.78 is 6.71. The monoisotopic (exact) mass is 901 g/mol. The second-order valence-corrected chi connectivity index (χ2v) is 19.8. The predicted octanol–water partition coefficient (Wildman–Crippen LogP) is 4.89. The fraction of sp³-hybridized carbons (Fsp3) is 0.500. The minimum Gasteiger partial charge on any atom is -0.508 e. The molecule has 17 heteroatoms. The number of carbonyl (C=O) groups excluding carboxylic acids is 2. The van der Waals surface area contributed by atoms with Crippen molar-refractivity contribution in [1.82, 2.24) is 44.4 Å². The highest BCUT2D eigenvalue weighted by Crippen LogP contribution is 2.37. The Labute approximate surface area is 383 Å². The van der Waals surface area contributed by atoms with E-state index in [1.807, 2.05) is 13.8 Å². The smallest absolute Gasteiger partial charge is 0.258 e. The average molecular weight is 902 g/mol. The SMILES string of the molecule is CC(C)c1cc(C(=O)N2Cc3ccc(CN4CCC(N5CCN(C(=O)[C@@H]6CCN(Cc7cc8nc(-c9cnc(N)nc9)nc(N9CCOCC9)c8s7)C6)CC5)CC4)cc3C2)c(O)cc1O. The van der Waals surface area contributed by atoms with Gasteiger partial charge in [0.05, 0.1) is 40.5 Å². The van der Waals surface area contributed by atoms with Crippen molar-refractivity contribution in [2.75, 3.05) is 89.3 Å². The zero-order chi connectivity index (χ0) is 44.8. The van der Waals surface area contributed by atoms with Crippen molar-refractivity contribution < 1.29 is 24.5 Å². The van der Waals surface area contributed by atoms with Crippen molar-refractivity contribution in [3.63, 3.8) is 0 Å². The molecular weight excluding hydrogens is 843 g/mol. The second kappa shape index (κ2) is 18.4. The molecule has 5 aliphatic rings. The zero-order valence-corrected chi connectivity index (χ0v) is 38.2. The number of morpholine rings is 1. The van der Waals surface area contributed by atoms with E-state index < -0.39 is 0 Å². The van der Waals surface area contributed by atoms with Gasteiger partial charge in [0.15, 0.2) is 11.6 Å². The van der Waals surface area contributed by atoms with Crippen LogP contribution in [0.15, 0.2) is 48.8 Å². The van der Waals surface area contributed by atoms with E-state index in [0.29, 0.717) is 49.6 Å². The Bertz CT molecular complexity index is 2550. The summed E-state index contributed by atoms with van der Waals surface area (Å²) in [6.07, 6.45) is 6.44. The van der Waals surface area contributed by atoms with E-state index in [0.717, 1.165) is 131 Å². The molecule has 16 nitrogen and oxygen atoms in total. The number of fused-ring (bicyclic) bond motifs is 2. The number of aromatic nitrogens is 4. The molecule has 0 radical (unpaired) electrons. The van der Waals surface area contributed by atoms with E-state index in [1.165, 1.54) is 16.5 Å². The van der Waals surface area contributed by atoms with Crippen LogP contribution in [-0.2, 0) is 35.7 Å². The van der Waals surface area contributed by atoms with Gasteiger partial charge in [0.2, 0.25) is 11.9 Å². The Kier molecular flexibility index (Phi) is 12.3. The first-order chi connectivity index (χ1) is 31.5. The van der Waals surface area contributed by atoms with Crippen molar-refractivity contribution in [3.8, 4) is 22.9 Å². The van der Waals surface area contributed by atoms with Gasteiger partial charge in [0.1, 0.15) is 11.5 Å². The number of likely N-dealkylation sites (tertiary alicyclic amines) is 2. The molecule has 0 aliphatic carbocycles. The molecule has 1 atom stereocenters. The lowest BCUT2D eigenvalue weighted by molar-refractivity contribution is -0.137. The molecule has 2 amide bonds. The lowest BCUT2D eigenvalue weighted by atomic mass is 9.98. The molecule has 0 saturated carbocycles. The number of piperidine rings is 1. The van der Waals surface area contributed by atoms with Gasteiger partial charge in [-0.25, -0.2) is 19.9 Å². The van der Waals surface area contributed by atoms with Gasteiger partial charge >= 0.3 is 0 Å². The lowest BCUT2D eigenvalue weighted by Gasteiger charge is -2.43. The van der Waals surface area contributed by atoms with Crippen LogP contribution in [0, 0.1) is 5.92 Å². The summed E-state index contributed by atoms with van der Waals surface area (Å²) in [5.41, 5.74) is 11.8. The molecule has 5 aliphatic heterocycles. The Morgan fingerprint density at radius 2 is 1.55 bits per heavy atom. The first-order valence-corrected chi connectivity index (χ1v) is 24.0. The van der Waals surface area contributed by atoms with Crippen molar-refractivity contribution in [2.24, 2.45) is 5.92 Å². The largest absolute Gasteiger partial charge is 0.508 e. The van der Waals surface area contributed by atoms with Gasteiger partial charge in [-0.1, -0.05) is 32.0 Å². The van der Waals surface area contributed by atoms with Crippen LogP contribution in [0.2, 0.25) is 0 Å². The summed E-state index contributed by atoms with van der Waals surface area (Å²) in [5.74, 6) is 1.64. The number of piperazine rings is 1. The van der Waals surface area contributed by atoms with Crippen molar-refractivity contribution in [1.29, 1.82) is 0 Å². The number of ether oxygens (including phenoxy) is 1. The summed E-state index contributed by atoms with van der Waals surface area (Å²) >= 11 is 1.74. The third-order valence-corrected chi connectivity index (χ3v) is 15.1. The molecule has 8 heterocycles. The highest BCUT2D eigenvalue weighted by atomic mass is 32.1. The lowest BCUT2D eigenvalue weighted by Crippen LogP contribution is -2.55. The minimum atomic E-state index is -0.226. The second-order valence-electron chi connectivity index (χ2n) is 18.7. The number of phenolic OH excluding ortho intramolecular Hbond substituents is 2. The van der Waals surface area contributed by atoms with Gasteiger partial charge < -0.3 is 35.4 Å². The summed E-state index contributed by atoms with van der Waals surface area (Å²) in [7, 11) is 0. The van der Waals surface area contributed by atoms with Gasteiger partial charge in [-0.05, 0) is 79.2 Å². The molecule has 5 aromatic rings.